The maximum Gasteiger partial charge on any atom is 0.154 e. The topological polar surface area (TPSA) is 0 Å². The van der Waals surface area contributed by atoms with Gasteiger partial charge in [-0.15, -0.1) is 0 Å². The van der Waals surface area contributed by atoms with E-state index in [1.54, 1.807) is 0 Å². The van der Waals surface area contributed by atoms with Crippen LogP contribution >= 0.6 is 0 Å². The SMILES string of the molecule is CCCCCCCCCCCC[S+](C)c1ccccc1. The lowest BCUT2D eigenvalue weighted by atomic mass is 10.1. The molecule has 0 amide bonds. The van der Waals surface area contributed by atoms with Crippen molar-refractivity contribution >= 4 is 10.9 Å². The van der Waals surface area contributed by atoms with Crippen LogP contribution in [0.5, 0.6) is 0 Å². The Morgan fingerprint density at radius 1 is 0.700 bits per heavy atom. The van der Waals surface area contributed by atoms with Crippen LogP contribution in [-0.4, -0.2) is 12.0 Å². The number of rotatable bonds is 12. The summed E-state index contributed by atoms with van der Waals surface area (Å²) in [6.07, 6.45) is 16.7. The van der Waals surface area contributed by atoms with E-state index in [2.05, 4.69) is 43.5 Å². The lowest BCUT2D eigenvalue weighted by Gasteiger charge is -2.04. The maximum absolute atomic E-state index is 2.39. The number of hydrogen-bond acceptors (Lipinski definition) is 0. The van der Waals surface area contributed by atoms with Crippen molar-refractivity contribution < 1.29 is 0 Å². The molecule has 0 aromatic heterocycles. The molecule has 1 heteroatoms. The molecule has 0 nitrogen and oxygen atoms in total. The van der Waals surface area contributed by atoms with E-state index < -0.39 is 0 Å². The highest BCUT2D eigenvalue weighted by Gasteiger charge is 2.13. The molecule has 1 aromatic carbocycles. The van der Waals surface area contributed by atoms with E-state index in [9.17, 15) is 0 Å². The van der Waals surface area contributed by atoms with E-state index in [4.69, 9.17) is 0 Å². The first kappa shape index (κ1) is 17.6. The maximum atomic E-state index is 2.39. The Morgan fingerprint density at radius 2 is 1.20 bits per heavy atom. The number of benzene rings is 1. The van der Waals surface area contributed by atoms with Crippen LogP contribution in [0.4, 0.5) is 0 Å². The quantitative estimate of drug-likeness (QED) is 0.317. The summed E-state index contributed by atoms with van der Waals surface area (Å²) >= 11 is 0. The zero-order valence-corrected chi connectivity index (χ0v) is 14.4. The molecule has 0 radical (unpaired) electrons. The van der Waals surface area contributed by atoms with Gasteiger partial charge in [-0.1, -0.05) is 76.5 Å². The highest BCUT2D eigenvalue weighted by atomic mass is 32.2. The van der Waals surface area contributed by atoms with Crippen molar-refractivity contribution in [3.63, 3.8) is 0 Å². The minimum absolute atomic E-state index is 0.454. The summed E-state index contributed by atoms with van der Waals surface area (Å²) in [6.45, 7) is 2.29. The van der Waals surface area contributed by atoms with Crippen LogP contribution in [0.25, 0.3) is 0 Å². The Balaban J connectivity index is 1.90. The standard InChI is InChI=1S/C19H33S/c1-3-4-5-6-7-8-9-10-11-15-18-20(2)19-16-13-12-14-17-19/h12-14,16-17H,3-11,15,18H2,1-2H3/q+1. The molecule has 0 aliphatic carbocycles. The van der Waals surface area contributed by atoms with Crippen molar-refractivity contribution in [3.8, 4) is 0 Å². The number of unbranched alkanes of at least 4 members (excludes halogenated alkanes) is 9. The normalized spacial score (nSPS) is 12.5. The molecular weight excluding hydrogens is 260 g/mol. The average molecular weight is 294 g/mol. The van der Waals surface area contributed by atoms with Crippen LogP contribution in [0.3, 0.4) is 0 Å². The van der Waals surface area contributed by atoms with Gasteiger partial charge in [-0.2, -0.15) is 0 Å². The van der Waals surface area contributed by atoms with Crippen molar-refractivity contribution in [2.75, 3.05) is 12.0 Å². The second kappa shape index (κ2) is 12.3. The van der Waals surface area contributed by atoms with Crippen LogP contribution < -0.4 is 0 Å². The second-order valence-electron chi connectivity index (χ2n) is 5.84. The van der Waals surface area contributed by atoms with Crippen molar-refractivity contribution in [2.24, 2.45) is 0 Å². The van der Waals surface area contributed by atoms with E-state index in [-0.39, 0.29) is 0 Å². The Hall–Kier alpha value is -0.430. The zero-order valence-electron chi connectivity index (χ0n) is 13.6. The Labute approximate surface area is 129 Å². The van der Waals surface area contributed by atoms with Crippen LogP contribution in [0.1, 0.15) is 71.1 Å². The summed E-state index contributed by atoms with van der Waals surface area (Å²) in [5, 5.41) is 0. The highest BCUT2D eigenvalue weighted by Crippen LogP contribution is 2.14. The van der Waals surface area contributed by atoms with E-state index in [0.29, 0.717) is 10.9 Å². The molecule has 0 spiro atoms. The lowest BCUT2D eigenvalue weighted by Crippen LogP contribution is -2.05. The Bertz CT molecular complexity index is 307. The Morgan fingerprint density at radius 3 is 1.75 bits per heavy atom. The van der Waals surface area contributed by atoms with Gasteiger partial charge in [0.1, 0.15) is 12.0 Å². The fraction of sp³-hybridized carbons (Fsp3) is 0.684. The van der Waals surface area contributed by atoms with Crippen molar-refractivity contribution in [1.82, 2.24) is 0 Å². The first-order chi connectivity index (χ1) is 9.84. The molecule has 1 atom stereocenters. The van der Waals surface area contributed by atoms with Gasteiger partial charge in [0.25, 0.3) is 0 Å². The molecule has 20 heavy (non-hydrogen) atoms. The Kier molecular flexibility index (Phi) is 10.9. The third-order valence-corrected chi connectivity index (χ3v) is 5.93. The van der Waals surface area contributed by atoms with E-state index >= 15 is 0 Å². The van der Waals surface area contributed by atoms with Gasteiger partial charge in [0.05, 0.1) is 0 Å². The van der Waals surface area contributed by atoms with Gasteiger partial charge in [0, 0.05) is 10.9 Å². The third kappa shape index (κ3) is 8.68. The fourth-order valence-electron chi connectivity index (χ4n) is 2.58. The molecule has 0 fully saturated rings. The summed E-state index contributed by atoms with van der Waals surface area (Å²) < 4.78 is 0. The molecular formula is C19H33S+. The second-order valence-corrected chi connectivity index (χ2v) is 7.99. The summed E-state index contributed by atoms with van der Waals surface area (Å²) in [5.41, 5.74) is 0. The average Bonchev–Trinajstić information content (AvgIpc) is 2.50. The summed E-state index contributed by atoms with van der Waals surface area (Å²) in [7, 11) is 0.454. The fourth-order valence-corrected chi connectivity index (χ4v) is 4.07. The van der Waals surface area contributed by atoms with Crippen LogP contribution in [-0.2, 0) is 10.9 Å². The van der Waals surface area contributed by atoms with Gasteiger partial charge in [0.15, 0.2) is 4.90 Å². The molecule has 1 aromatic rings. The molecule has 0 N–H and O–H groups in total. The van der Waals surface area contributed by atoms with Gasteiger partial charge in [-0.25, -0.2) is 0 Å². The molecule has 114 valence electrons. The van der Waals surface area contributed by atoms with Crippen molar-refractivity contribution in [1.29, 1.82) is 0 Å². The summed E-state index contributed by atoms with van der Waals surface area (Å²) in [4.78, 5) is 1.53. The van der Waals surface area contributed by atoms with Crippen molar-refractivity contribution in [2.45, 2.75) is 76.0 Å². The van der Waals surface area contributed by atoms with E-state index in [1.165, 1.54) is 74.9 Å². The summed E-state index contributed by atoms with van der Waals surface area (Å²) in [5.74, 6) is 1.38. The van der Waals surface area contributed by atoms with Crippen LogP contribution in [0.15, 0.2) is 35.2 Å². The van der Waals surface area contributed by atoms with Crippen molar-refractivity contribution in [3.05, 3.63) is 30.3 Å². The molecule has 1 unspecified atom stereocenters. The third-order valence-electron chi connectivity index (χ3n) is 3.95. The van der Waals surface area contributed by atoms with Gasteiger partial charge >= 0.3 is 0 Å². The van der Waals surface area contributed by atoms with Gasteiger partial charge < -0.3 is 0 Å². The predicted octanol–water partition coefficient (Wildman–Crippen LogP) is 6.21. The smallest absolute Gasteiger partial charge is 0.0654 e. The molecule has 0 aliphatic heterocycles. The predicted molar refractivity (Wildman–Crippen MR) is 94.7 cm³/mol. The van der Waals surface area contributed by atoms with Crippen LogP contribution in [0.2, 0.25) is 0 Å². The first-order valence-corrected chi connectivity index (χ1v) is 10.3. The molecule has 0 aliphatic rings. The lowest BCUT2D eigenvalue weighted by molar-refractivity contribution is 0.563. The zero-order chi connectivity index (χ0) is 14.5. The molecule has 0 saturated carbocycles. The first-order valence-electron chi connectivity index (χ1n) is 8.52. The van der Waals surface area contributed by atoms with E-state index in [1.807, 2.05) is 0 Å². The highest BCUT2D eigenvalue weighted by molar-refractivity contribution is 7.96. The van der Waals surface area contributed by atoms with Gasteiger partial charge in [0.2, 0.25) is 0 Å². The van der Waals surface area contributed by atoms with Gasteiger partial charge in [-0.05, 0) is 25.0 Å². The molecule has 0 saturated heterocycles. The summed E-state index contributed by atoms with van der Waals surface area (Å²) in [6, 6.07) is 11.0. The largest absolute Gasteiger partial charge is 0.154 e. The minimum atomic E-state index is 0.454. The molecule has 0 bridgehead atoms. The van der Waals surface area contributed by atoms with Gasteiger partial charge in [-0.3, -0.25) is 0 Å². The minimum Gasteiger partial charge on any atom is -0.0654 e. The van der Waals surface area contributed by atoms with Crippen LogP contribution in [0, 0.1) is 0 Å². The molecule has 0 heterocycles. The molecule has 1 rings (SSSR count). The monoisotopic (exact) mass is 293 g/mol. The number of hydrogen-bond donors (Lipinski definition) is 0. The van der Waals surface area contributed by atoms with E-state index in [0.717, 1.165) is 0 Å².